The van der Waals surface area contributed by atoms with Crippen LogP contribution in [0.15, 0.2) is 42.5 Å². The van der Waals surface area contributed by atoms with E-state index in [1.807, 2.05) is 36.4 Å². The van der Waals surface area contributed by atoms with Crippen LogP contribution < -0.4 is 15.4 Å². The molecule has 10 nitrogen and oxygen atoms in total. The van der Waals surface area contributed by atoms with E-state index < -0.39 is 12.1 Å². The molecule has 1 atom stereocenters. The molecule has 0 aliphatic carbocycles. The van der Waals surface area contributed by atoms with Crippen LogP contribution in [0.2, 0.25) is 0 Å². The van der Waals surface area contributed by atoms with Gasteiger partial charge in [0.05, 0.1) is 13.2 Å². The number of ether oxygens (including phenoxy) is 1. The van der Waals surface area contributed by atoms with Crippen molar-refractivity contribution >= 4 is 24.2 Å². The number of methoxy groups -OCH3 is 1. The van der Waals surface area contributed by atoms with Gasteiger partial charge in [-0.25, -0.2) is 4.79 Å². The third-order valence-electron chi connectivity index (χ3n) is 6.50. The largest absolute Gasteiger partial charge is 0.497 e. The number of imide groups is 1. The summed E-state index contributed by atoms with van der Waals surface area (Å²) >= 11 is 0. The maximum Gasteiger partial charge on any atom is 0.321 e. The Balaban J connectivity index is 1.50. The van der Waals surface area contributed by atoms with Crippen LogP contribution in [-0.4, -0.2) is 85.8 Å². The van der Waals surface area contributed by atoms with Gasteiger partial charge in [0.25, 0.3) is 5.91 Å². The van der Waals surface area contributed by atoms with Crippen LogP contribution in [0.25, 0.3) is 0 Å². The Hall–Kier alpha value is -3.92. The van der Waals surface area contributed by atoms with Gasteiger partial charge in [-0.15, -0.1) is 0 Å². The Labute approximate surface area is 204 Å². The van der Waals surface area contributed by atoms with Gasteiger partial charge in [0, 0.05) is 50.4 Å². The predicted molar refractivity (Wildman–Crippen MR) is 131 cm³/mol. The van der Waals surface area contributed by atoms with Gasteiger partial charge in [-0.05, 0) is 30.3 Å². The van der Waals surface area contributed by atoms with Crippen molar-refractivity contribution in [2.45, 2.75) is 12.6 Å². The molecule has 35 heavy (non-hydrogen) atoms. The van der Waals surface area contributed by atoms with Crippen molar-refractivity contribution in [2.24, 2.45) is 0 Å². The number of hydrogen-bond donors (Lipinski definition) is 3. The monoisotopic (exact) mass is 478 g/mol. The lowest BCUT2D eigenvalue weighted by molar-refractivity contribution is -0.108. The van der Waals surface area contributed by atoms with Gasteiger partial charge in [0.1, 0.15) is 11.6 Å². The first-order valence-corrected chi connectivity index (χ1v) is 11.5. The number of urea groups is 1. The van der Waals surface area contributed by atoms with E-state index in [0.717, 1.165) is 42.9 Å². The molecule has 4 amide bonds. The van der Waals surface area contributed by atoms with Crippen LogP contribution in [0.1, 0.15) is 33.1 Å². The summed E-state index contributed by atoms with van der Waals surface area (Å²) in [5, 5.41) is 13.4. The SMILES string of the molecule is COc1ccc2c(c1)C(=O)N(C[C@H](NC(=O)NC=O)c1ccc(C(=N)N3CCN(C)CC3)cc1)C2. The molecule has 0 bridgehead atoms. The van der Waals surface area contributed by atoms with E-state index in [-0.39, 0.29) is 12.5 Å². The molecule has 3 N–H and O–H groups in total. The summed E-state index contributed by atoms with van der Waals surface area (Å²) < 4.78 is 5.24. The van der Waals surface area contributed by atoms with Crippen LogP contribution in [0.3, 0.4) is 0 Å². The number of carbonyl (C=O) groups excluding carboxylic acids is 3. The molecule has 184 valence electrons. The average Bonchev–Trinajstić information content (AvgIpc) is 3.18. The van der Waals surface area contributed by atoms with Crippen molar-refractivity contribution in [1.29, 1.82) is 5.41 Å². The fourth-order valence-electron chi connectivity index (χ4n) is 4.41. The maximum absolute atomic E-state index is 13.0. The smallest absolute Gasteiger partial charge is 0.321 e. The Morgan fingerprint density at radius 3 is 2.51 bits per heavy atom. The van der Waals surface area contributed by atoms with Gasteiger partial charge in [-0.1, -0.05) is 30.3 Å². The van der Waals surface area contributed by atoms with Crippen molar-refractivity contribution in [3.8, 4) is 5.75 Å². The molecule has 0 radical (unpaired) electrons. The summed E-state index contributed by atoms with van der Waals surface area (Å²) in [6, 6.07) is 11.6. The number of likely N-dealkylation sites (N-methyl/N-ethyl adjacent to an activating group) is 1. The highest BCUT2D eigenvalue weighted by atomic mass is 16.5. The van der Waals surface area contributed by atoms with E-state index in [1.54, 1.807) is 18.1 Å². The minimum atomic E-state index is -0.648. The zero-order valence-electron chi connectivity index (χ0n) is 19.9. The molecular formula is C25H30N6O4. The first-order chi connectivity index (χ1) is 16.9. The van der Waals surface area contributed by atoms with Gasteiger partial charge in [-0.2, -0.15) is 0 Å². The molecule has 1 saturated heterocycles. The third kappa shape index (κ3) is 5.43. The Morgan fingerprint density at radius 2 is 1.86 bits per heavy atom. The summed E-state index contributed by atoms with van der Waals surface area (Å²) in [6.45, 7) is 4.06. The first-order valence-electron chi connectivity index (χ1n) is 11.5. The number of benzene rings is 2. The van der Waals surface area contributed by atoms with Crippen LogP contribution in [-0.2, 0) is 11.3 Å². The molecule has 10 heteroatoms. The van der Waals surface area contributed by atoms with Gasteiger partial charge in [0.15, 0.2) is 0 Å². The fraction of sp³-hybridized carbons (Fsp3) is 0.360. The Bertz CT molecular complexity index is 1110. The van der Waals surface area contributed by atoms with Gasteiger partial charge < -0.3 is 24.8 Å². The van der Waals surface area contributed by atoms with Gasteiger partial charge in [0.2, 0.25) is 6.41 Å². The number of nitrogens with one attached hydrogen (secondary N) is 3. The molecule has 2 aliphatic heterocycles. The van der Waals surface area contributed by atoms with Crippen molar-refractivity contribution in [3.63, 3.8) is 0 Å². The van der Waals surface area contributed by atoms with Crippen LogP contribution in [0.5, 0.6) is 5.75 Å². The number of carbonyl (C=O) groups is 3. The van der Waals surface area contributed by atoms with E-state index in [1.165, 1.54) is 0 Å². The number of hydrogen-bond acceptors (Lipinski definition) is 6. The molecule has 0 spiro atoms. The molecular weight excluding hydrogens is 448 g/mol. The summed E-state index contributed by atoms with van der Waals surface area (Å²) in [5.41, 5.74) is 3.02. The van der Waals surface area contributed by atoms with Crippen molar-refractivity contribution in [1.82, 2.24) is 25.3 Å². The molecule has 4 rings (SSSR count). The highest BCUT2D eigenvalue weighted by Crippen LogP contribution is 2.28. The number of nitrogens with zero attached hydrogens (tertiary/aromatic N) is 3. The number of rotatable bonds is 7. The first kappa shape index (κ1) is 24.2. The molecule has 0 saturated carbocycles. The minimum Gasteiger partial charge on any atom is -0.497 e. The zero-order chi connectivity index (χ0) is 24.9. The predicted octanol–water partition coefficient (Wildman–Crippen LogP) is 1.42. The molecule has 2 aliphatic rings. The van der Waals surface area contributed by atoms with Crippen molar-refractivity contribution < 1.29 is 19.1 Å². The fourth-order valence-corrected chi connectivity index (χ4v) is 4.41. The third-order valence-corrected chi connectivity index (χ3v) is 6.50. The normalized spacial score (nSPS) is 16.5. The summed E-state index contributed by atoms with van der Waals surface area (Å²) in [6.07, 6.45) is 0.315. The zero-order valence-corrected chi connectivity index (χ0v) is 19.9. The maximum atomic E-state index is 13.0. The Morgan fingerprint density at radius 1 is 1.14 bits per heavy atom. The Kier molecular flexibility index (Phi) is 7.31. The highest BCUT2D eigenvalue weighted by molar-refractivity contribution is 5.99. The second-order valence-electron chi connectivity index (χ2n) is 8.76. The summed E-state index contributed by atoms with van der Waals surface area (Å²) in [4.78, 5) is 41.9. The van der Waals surface area contributed by atoms with E-state index in [4.69, 9.17) is 10.1 Å². The van der Waals surface area contributed by atoms with Crippen LogP contribution >= 0.6 is 0 Å². The standard InChI is InChI=1S/C25H30N6O4/c1-29-9-11-30(12-10-29)23(26)18-5-3-17(4-6-18)22(28-25(34)27-16-32)15-31-14-19-7-8-20(35-2)13-21(19)24(31)33/h3-8,13,16,22,26H,9-12,14-15H2,1-2H3,(H2,27,28,32,34)/t22-/m0/s1. The molecule has 0 unspecified atom stereocenters. The average molecular weight is 479 g/mol. The van der Waals surface area contributed by atoms with Crippen molar-refractivity contribution in [2.75, 3.05) is 46.9 Å². The molecule has 2 heterocycles. The van der Waals surface area contributed by atoms with Gasteiger partial charge in [-0.3, -0.25) is 20.3 Å². The molecule has 1 fully saturated rings. The molecule has 2 aromatic carbocycles. The van der Waals surface area contributed by atoms with E-state index in [2.05, 4.69) is 27.5 Å². The lowest BCUT2D eigenvalue weighted by Crippen LogP contribution is -2.47. The van der Waals surface area contributed by atoms with E-state index >= 15 is 0 Å². The summed E-state index contributed by atoms with van der Waals surface area (Å²) in [7, 11) is 3.63. The summed E-state index contributed by atoms with van der Waals surface area (Å²) in [5.74, 6) is 0.930. The molecule has 0 aromatic heterocycles. The second-order valence-corrected chi connectivity index (χ2v) is 8.76. The number of fused-ring (bicyclic) bond motifs is 1. The van der Waals surface area contributed by atoms with Crippen LogP contribution in [0, 0.1) is 5.41 Å². The van der Waals surface area contributed by atoms with E-state index in [9.17, 15) is 14.4 Å². The van der Waals surface area contributed by atoms with Gasteiger partial charge >= 0.3 is 6.03 Å². The number of amides is 4. The lowest BCUT2D eigenvalue weighted by Gasteiger charge is -2.34. The second kappa shape index (κ2) is 10.6. The minimum absolute atomic E-state index is 0.144. The number of amidine groups is 1. The highest BCUT2D eigenvalue weighted by Gasteiger charge is 2.30. The lowest BCUT2D eigenvalue weighted by atomic mass is 10.0. The topological polar surface area (TPSA) is 118 Å². The van der Waals surface area contributed by atoms with E-state index in [0.29, 0.717) is 30.1 Å². The van der Waals surface area contributed by atoms with Crippen LogP contribution in [0.4, 0.5) is 4.79 Å². The van der Waals surface area contributed by atoms with Crippen molar-refractivity contribution in [3.05, 3.63) is 64.7 Å². The number of piperazine rings is 1. The molecule has 2 aromatic rings. The quantitative estimate of drug-likeness (QED) is 0.315.